The molecule has 2 aromatic carbocycles. The first-order valence-corrected chi connectivity index (χ1v) is 10.8. The van der Waals surface area contributed by atoms with Gasteiger partial charge in [-0.15, -0.1) is 5.10 Å². The molecule has 4 rings (SSSR count). The maximum atomic E-state index is 4.55. The highest BCUT2D eigenvalue weighted by Gasteiger charge is 2.34. The van der Waals surface area contributed by atoms with Crippen LogP contribution in [0, 0.1) is 0 Å². The third-order valence-corrected chi connectivity index (χ3v) is 6.43. The van der Waals surface area contributed by atoms with Crippen LogP contribution in [0.25, 0.3) is 0 Å². The van der Waals surface area contributed by atoms with Gasteiger partial charge in [0.1, 0.15) is 0 Å². The minimum absolute atomic E-state index is 0.00962. The summed E-state index contributed by atoms with van der Waals surface area (Å²) in [4.78, 5) is 4.64. The normalized spacial score (nSPS) is 15.6. The number of hydrogen-bond acceptors (Lipinski definition) is 5. The number of rotatable bonds is 6. The molecule has 30 heavy (non-hydrogen) atoms. The van der Waals surface area contributed by atoms with Crippen molar-refractivity contribution in [2.45, 2.75) is 51.7 Å². The number of fused-ring (bicyclic) bond motifs is 1. The second-order valence-electron chi connectivity index (χ2n) is 8.99. The van der Waals surface area contributed by atoms with Gasteiger partial charge in [0, 0.05) is 32.9 Å². The molecule has 2 heterocycles. The fraction of sp³-hybridized carbons (Fsp3) is 0.458. The molecule has 6 nitrogen and oxygen atoms in total. The van der Waals surface area contributed by atoms with E-state index in [0.717, 1.165) is 31.8 Å². The molecule has 0 aliphatic carbocycles. The van der Waals surface area contributed by atoms with Crippen molar-refractivity contribution in [3.8, 4) is 0 Å². The van der Waals surface area contributed by atoms with E-state index >= 15 is 0 Å². The third-order valence-electron chi connectivity index (χ3n) is 6.43. The van der Waals surface area contributed by atoms with Crippen LogP contribution in [0.4, 0.5) is 5.69 Å². The number of aromatic nitrogens is 4. The predicted molar refractivity (Wildman–Crippen MR) is 121 cm³/mol. The maximum absolute atomic E-state index is 4.55. The molecule has 1 unspecified atom stereocenters. The monoisotopic (exact) mass is 404 g/mol. The molecule has 0 bridgehead atoms. The van der Waals surface area contributed by atoms with E-state index in [0.29, 0.717) is 0 Å². The van der Waals surface area contributed by atoms with E-state index in [2.05, 4.69) is 109 Å². The first-order valence-electron chi connectivity index (χ1n) is 10.8. The van der Waals surface area contributed by atoms with Gasteiger partial charge >= 0.3 is 0 Å². The Hall–Kier alpha value is -2.73. The summed E-state index contributed by atoms with van der Waals surface area (Å²) < 4.78 is 2.03. The lowest BCUT2D eigenvalue weighted by Gasteiger charge is -2.36. The van der Waals surface area contributed by atoms with Gasteiger partial charge < -0.3 is 4.90 Å². The van der Waals surface area contributed by atoms with E-state index < -0.39 is 0 Å². The van der Waals surface area contributed by atoms with E-state index in [-0.39, 0.29) is 11.6 Å². The summed E-state index contributed by atoms with van der Waals surface area (Å²) in [5.41, 5.74) is 5.11. The molecule has 1 atom stereocenters. The lowest BCUT2D eigenvalue weighted by atomic mass is 9.95. The molecule has 0 fully saturated rings. The van der Waals surface area contributed by atoms with Crippen LogP contribution in [0.5, 0.6) is 0 Å². The first-order chi connectivity index (χ1) is 14.4. The van der Waals surface area contributed by atoms with Crippen LogP contribution in [0.3, 0.4) is 0 Å². The SMILES string of the molecule is CCC(C)(C)n1nnnc1C(c1ccc(N(C)C)cc1)N1CCc2ccccc2C1. The van der Waals surface area contributed by atoms with Crippen LogP contribution >= 0.6 is 0 Å². The molecule has 3 aromatic rings. The number of anilines is 1. The van der Waals surface area contributed by atoms with Gasteiger partial charge in [-0.2, -0.15) is 0 Å². The first kappa shape index (κ1) is 20.5. The van der Waals surface area contributed by atoms with E-state index in [9.17, 15) is 0 Å². The largest absolute Gasteiger partial charge is 0.378 e. The van der Waals surface area contributed by atoms with Crippen molar-refractivity contribution in [2.75, 3.05) is 25.5 Å². The highest BCUT2D eigenvalue weighted by atomic mass is 15.6. The summed E-state index contributed by atoms with van der Waals surface area (Å²) in [5.74, 6) is 0.916. The maximum Gasteiger partial charge on any atom is 0.173 e. The Morgan fingerprint density at radius 1 is 1.03 bits per heavy atom. The van der Waals surface area contributed by atoms with Crippen LogP contribution in [0.2, 0.25) is 0 Å². The molecule has 0 N–H and O–H groups in total. The summed E-state index contributed by atoms with van der Waals surface area (Å²) in [7, 11) is 4.14. The predicted octanol–water partition coefficient (Wildman–Crippen LogP) is 4.03. The average Bonchev–Trinajstić information content (AvgIpc) is 3.24. The lowest BCUT2D eigenvalue weighted by molar-refractivity contribution is 0.181. The number of hydrogen-bond donors (Lipinski definition) is 0. The molecule has 0 spiro atoms. The zero-order valence-corrected chi connectivity index (χ0v) is 18.7. The van der Waals surface area contributed by atoms with Gasteiger partial charge in [-0.25, -0.2) is 4.68 Å². The molecule has 0 saturated heterocycles. The van der Waals surface area contributed by atoms with Gasteiger partial charge in [0.15, 0.2) is 5.82 Å². The Morgan fingerprint density at radius 2 is 1.73 bits per heavy atom. The molecule has 0 saturated carbocycles. The Labute approximate surface area is 179 Å². The van der Waals surface area contributed by atoms with Crippen LogP contribution in [0.1, 0.15) is 55.7 Å². The quantitative estimate of drug-likeness (QED) is 0.621. The molecule has 1 aromatic heterocycles. The van der Waals surface area contributed by atoms with Gasteiger partial charge in [0.05, 0.1) is 11.6 Å². The Bertz CT molecular complexity index is 989. The molecule has 0 radical (unpaired) electrons. The summed E-state index contributed by atoms with van der Waals surface area (Å²) in [5, 5.41) is 13.1. The van der Waals surface area contributed by atoms with E-state index in [1.807, 2.05) is 4.68 Å². The Kier molecular flexibility index (Phi) is 5.60. The summed E-state index contributed by atoms with van der Waals surface area (Å²) in [6, 6.07) is 17.6. The van der Waals surface area contributed by atoms with E-state index in [4.69, 9.17) is 0 Å². The average molecular weight is 405 g/mol. The second-order valence-corrected chi connectivity index (χ2v) is 8.99. The van der Waals surface area contributed by atoms with Gasteiger partial charge in [0.2, 0.25) is 0 Å². The number of nitrogens with zero attached hydrogens (tertiary/aromatic N) is 6. The third kappa shape index (κ3) is 3.84. The molecule has 0 amide bonds. The Balaban J connectivity index is 1.78. The van der Waals surface area contributed by atoms with E-state index in [1.54, 1.807) is 0 Å². The van der Waals surface area contributed by atoms with Crippen LogP contribution in [-0.2, 0) is 18.5 Å². The molecular weight excluding hydrogens is 372 g/mol. The van der Waals surface area contributed by atoms with E-state index in [1.165, 1.54) is 22.4 Å². The second kappa shape index (κ2) is 8.19. The molecule has 1 aliphatic rings. The standard InChI is InChI=1S/C24H32N6/c1-6-24(2,3)30-23(25-26-27-30)22(19-11-13-21(14-12-19)28(4)5)29-16-15-18-9-7-8-10-20(18)17-29/h7-14,22H,6,15-17H2,1-5H3. The van der Waals surface area contributed by atoms with Gasteiger partial charge in [0.25, 0.3) is 0 Å². The van der Waals surface area contributed by atoms with Crippen LogP contribution in [0.15, 0.2) is 48.5 Å². The van der Waals surface area contributed by atoms with Crippen molar-refractivity contribution in [2.24, 2.45) is 0 Å². The fourth-order valence-electron chi connectivity index (χ4n) is 4.16. The topological polar surface area (TPSA) is 50.1 Å². The highest BCUT2D eigenvalue weighted by Crippen LogP contribution is 2.34. The summed E-state index contributed by atoms with van der Waals surface area (Å²) in [6.45, 7) is 8.46. The summed E-state index contributed by atoms with van der Waals surface area (Å²) >= 11 is 0. The zero-order valence-electron chi connectivity index (χ0n) is 18.7. The fourth-order valence-corrected chi connectivity index (χ4v) is 4.16. The van der Waals surface area contributed by atoms with Crippen molar-refractivity contribution < 1.29 is 0 Å². The minimum atomic E-state index is -0.144. The molecule has 158 valence electrons. The summed E-state index contributed by atoms with van der Waals surface area (Å²) in [6.07, 6.45) is 2.00. The van der Waals surface area contributed by atoms with Crippen LogP contribution in [-0.4, -0.2) is 45.7 Å². The van der Waals surface area contributed by atoms with Crippen molar-refractivity contribution >= 4 is 5.69 Å². The van der Waals surface area contributed by atoms with Crippen molar-refractivity contribution in [3.05, 3.63) is 71.0 Å². The zero-order chi connectivity index (χ0) is 21.3. The van der Waals surface area contributed by atoms with Crippen LogP contribution < -0.4 is 4.90 Å². The van der Waals surface area contributed by atoms with Gasteiger partial charge in [-0.3, -0.25) is 4.90 Å². The molecule has 1 aliphatic heterocycles. The number of tetrazole rings is 1. The van der Waals surface area contributed by atoms with Gasteiger partial charge in [-0.05, 0) is 65.9 Å². The van der Waals surface area contributed by atoms with Gasteiger partial charge in [-0.1, -0.05) is 43.3 Å². The van der Waals surface area contributed by atoms with Crippen molar-refractivity contribution in [3.63, 3.8) is 0 Å². The number of benzene rings is 2. The highest BCUT2D eigenvalue weighted by molar-refractivity contribution is 5.47. The Morgan fingerprint density at radius 3 is 2.40 bits per heavy atom. The molecule has 6 heteroatoms. The lowest BCUT2D eigenvalue weighted by Crippen LogP contribution is -2.38. The van der Waals surface area contributed by atoms with Crippen molar-refractivity contribution in [1.82, 2.24) is 25.1 Å². The smallest absolute Gasteiger partial charge is 0.173 e. The van der Waals surface area contributed by atoms with Crippen molar-refractivity contribution in [1.29, 1.82) is 0 Å². The minimum Gasteiger partial charge on any atom is -0.378 e. The molecular formula is C24H32N6.